The predicted molar refractivity (Wildman–Crippen MR) is 66.3 cm³/mol. The molecule has 0 saturated heterocycles. The lowest BCUT2D eigenvalue weighted by atomic mass is 10.3. The van der Waals surface area contributed by atoms with Crippen LogP contribution in [0.2, 0.25) is 0 Å². The van der Waals surface area contributed by atoms with Gasteiger partial charge in [0.15, 0.2) is 4.34 Å². The minimum Gasteiger partial charge on any atom is -0.481 e. The summed E-state index contributed by atoms with van der Waals surface area (Å²) in [5.74, 6) is -1.14. The van der Waals surface area contributed by atoms with Crippen molar-refractivity contribution in [1.29, 1.82) is 0 Å². The first-order chi connectivity index (χ1) is 8.11. The molecule has 6 nitrogen and oxygen atoms in total. The summed E-state index contributed by atoms with van der Waals surface area (Å²) in [5, 5.41) is 18.9. The lowest BCUT2D eigenvalue weighted by Crippen LogP contribution is -2.10. The van der Waals surface area contributed by atoms with Crippen LogP contribution >= 0.6 is 23.1 Å². The monoisotopic (exact) mass is 273 g/mol. The van der Waals surface area contributed by atoms with Gasteiger partial charge in [-0.1, -0.05) is 29.2 Å². The molecule has 0 aliphatic heterocycles. The summed E-state index contributed by atoms with van der Waals surface area (Å²) in [7, 11) is 0. The molecule has 1 aromatic rings. The number of amides is 1. The van der Waals surface area contributed by atoms with Crippen LogP contribution in [-0.2, 0) is 9.59 Å². The van der Waals surface area contributed by atoms with Gasteiger partial charge in [0.1, 0.15) is 0 Å². The maximum atomic E-state index is 11.3. The van der Waals surface area contributed by atoms with Crippen molar-refractivity contribution in [1.82, 2.24) is 10.2 Å². The van der Waals surface area contributed by atoms with Gasteiger partial charge in [-0.2, -0.15) is 0 Å². The Morgan fingerprint density at radius 2 is 2.29 bits per heavy atom. The van der Waals surface area contributed by atoms with Crippen molar-refractivity contribution >= 4 is 40.1 Å². The van der Waals surface area contributed by atoms with Gasteiger partial charge in [0.2, 0.25) is 11.0 Å². The lowest BCUT2D eigenvalue weighted by molar-refractivity contribution is -0.133. The van der Waals surface area contributed by atoms with E-state index in [9.17, 15) is 9.59 Å². The summed E-state index contributed by atoms with van der Waals surface area (Å²) in [4.78, 5) is 21.7. The van der Waals surface area contributed by atoms with E-state index in [-0.39, 0.29) is 11.7 Å². The fourth-order valence-corrected chi connectivity index (χ4v) is 2.35. The molecule has 92 valence electrons. The van der Waals surface area contributed by atoms with E-state index in [2.05, 4.69) is 22.1 Å². The number of carbonyl (C=O) groups excluding carboxylic acids is 1. The van der Waals surface area contributed by atoms with Crippen molar-refractivity contribution < 1.29 is 14.7 Å². The molecule has 0 atom stereocenters. The number of carboxylic acids is 1. The number of carboxylic acid groups (broad SMARTS) is 1. The molecule has 1 amide bonds. The maximum Gasteiger partial charge on any atom is 0.313 e. The van der Waals surface area contributed by atoms with E-state index in [4.69, 9.17) is 5.11 Å². The number of allylic oxidation sites excluding steroid dienone is 1. The number of hydrogen-bond acceptors (Lipinski definition) is 6. The van der Waals surface area contributed by atoms with Crippen LogP contribution in [0.1, 0.15) is 12.8 Å². The van der Waals surface area contributed by atoms with Crippen molar-refractivity contribution in [3.8, 4) is 0 Å². The third kappa shape index (κ3) is 5.45. The zero-order valence-electron chi connectivity index (χ0n) is 8.88. The van der Waals surface area contributed by atoms with Crippen molar-refractivity contribution in [2.45, 2.75) is 17.2 Å². The van der Waals surface area contributed by atoms with Crippen molar-refractivity contribution in [3.63, 3.8) is 0 Å². The van der Waals surface area contributed by atoms with Gasteiger partial charge in [-0.3, -0.25) is 9.59 Å². The second-order valence-electron chi connectivity index (χ2n) is 2.93. The fourth-order valence-electron chi connectivity index (χ4n) is 0.857. The number of anilines is 1. The topological polar surface area (TPSA) is 92.2 Å². The van der Waals surface area contributed by atoms with E-state index in [0.717, 1.165) is 23.1 Å². The van der Waals surface area contributed by atoms with Gasteiger partial charge in [-0.05, 0) is 6.42 Å². The van der Waals surface area contributed by atoms with Crippen LogP contribution < -0.4 is 5.32 Å². The molecule has 2 N–H and O–H groups in total. The first kappa shape index (κ1) is 13.7. The van der Waals surface area contributed by atoms with Gasteiger partial charge in [-0.25, -0.2) is 0 Å². The highest BCUT2D eigenvalue weighted by molar-refractivity contribution is 8.01. The molecule has 0 bridgehead atoms. The number of nitrogens with zero attached hydrogens (tertiary/aromatic N) is 2. The van der Waals surface area contributed by atoms with Crippen LogP contribution in [0.4, 0.5) is 5.13 Å². The molecule has 0 radical (unpaired) electrons. The molecule has 1 rings (SSSR count). The van der Waals surface area contributed by atoms with E-state index >= 15 is 0 Å². The zero-order valence-corrected chi connectivity index (χ0v) is 10.5. The Morgan fingerprint density at radius 3 is 2.94 bits per heavy atom. The molecular weight excluding hydrogens is 262 g/mol. The largest absolute Gasteiger partial charge is 0.481 e. The Kier molecular flexibility index (Phi) is 5.64. The first-order valence-corrected chi connectivity index (χ1v) is 6.51. The Hall–Kier alpha value is -1.41. The molecule has 0 saturated carbocycles. The Morgan fingerprint density at radius 1 is 1.53 bits per heavy atom. The molecule has 1 aromatic heterocycles. The number of carbonyl (C=O) groups is 2. The van der Waals surface area contributed by atoms with Gasteiger partial charge in [0.05, 0.1) is 5.75 Å². The SMILES string of the molecule is C=CCCC(=O)Nc1nnc(SCC(=O)O)s1. The molecule has 1 heterocycles. The maximum absolute atomic E-state index is 11.3. The standard InChI is InChI=1S/C9H11N3O3S2/c1-2-3-4-6(13)10-8-11-12-9(17-8)16-5-7(14)15/h2H,1,3-5H2,(H,14,15)(H,10,11,13). The van der Waals surface area contributed by atoms with Crippen molar-refractivity contribution in [2.75, 3.05) is 11.1 Å². The van der Waals surface area contributed by atoms with E-state index < -0.39 is 5.97 Å². The average molecular weight is 273 g/mol. The van der Waals surface area contributed by atoms with Crippen LogP contribution in [0.15, 0.2) is 17.0 Å². The molecule has 0 aliphatic carbocycles. The van der Waals surface area contributed by atoms with E-state index in [1.54, 1.807) is 6.08 Å². The van der Waals surface area contributed by atoms with Crippen LogP contribution in [0.25, 0.3) is 0 Å². The number of rotatable bonds is 7. The average Bonchev–Trinajstić information content (AvgIpc) is 2.71. The van der Waals surface area contributed by atoms with Crippen LogP contribution in [-0.4, -0.2) is 32.9 Å². The van der Waals surface area contributed by atoms with E-state index in [0.29, 0.717) is 22.3 Å². The highest BCUT2D eigenvalue weighted by atomic mass is 32.2. The number of nitrogens with one attached hydrogen (secondary N) is 1. The number of aromatic nitrogens is 2. The lowest BCUT2D eigenvalue weighted by Gasteiger charge is -1.97. The Labute approximate surface area is 106 Å². The molecular formula is C9H11N3O3S2. The zero-order chi connectivity index (χ0) is 12.7. The minimum absolute atomic E-state index is 0.0704. The molecule has 0 aromatic carbocycles. The molecule has 17 heavy (non-hydrogen) atoms. The van der Waals surface area contributed by atoms with Gasteiger partial charge < -0.3 is 10.4 Å². The molecule has 8 heteroatoms. The summed E-state index contributed by atoms with van der Waals surface area (Å²) in [5.41, 5.74) is 0. The summed E-state index contributed by atoms with van der Waals surface area (Å²) in [6, 6.07) is 0. The highest BCUT2D eigenvalue weighted by Gasteiger charge is 2.09. The summed E-state index contributed by atoms with van der Waals surface area (Å²) >= 11 is 2.23. The Bertz CT molecular complexity index is 419. The summed E-state index contributed by atoms with van der Waals surface area (Å²) in [6.07, 6.45) is 2.61. The van der Waals surface area contributed by atoms with E-state index in [1.807, 2.05) is 0 Å². The first-order valence-electron chi connectivity index (χ1n) is 4.70. The minimum atomic E-state index is -0.915. The van der Waals surface area contributed by atoms with Crippen molar-refractivity contribution in [3.05, 3.63) is 12.7 Å². The number of aliphatic carboxylic acids is 1. The Balaban J connectivity index is 2.42. The van der Waals surface area contributed by atoms with Gasteiger partial charge >= 0.3 is 5.97 Å². The smallest absolute Gasteiger partial charge is 0.313 e. The van der Waals surface area contributed by atoms with Gasteiger partial charge in [-0.15, -0.1) is 16.8 Å². The third-order valence-electron chi connectivity index (χ3n) is 1.55. The molecule has 0 aliphatic rings. The highest BCUT2D eigenvalue weighted by Crippen LogP contribution is 2.25. The fraction of sp³-hybridized carbons (Fsp3) is 0.333. The summed E-state index contributed by atoms with van der Waals surface area (Å²) in [6.45, 7) is 3.52. The number of thioether (sulfide) groups is 1. The van der Waals surface area contributed by atoms with Gasteiger partial charge in [0.25, 0.3) is 0 Å². The predicted octanol–water partition coefficient (Wildman–Crippen LogP) is 1.62. The molecule has 0 fully saturated rings. The number of hydrogen-bond donors (Lipinski definition) is 2. The third-order valence-corrected chi connectivity index (χ3v) is 3.50. The van der Waals surface area contributed by atoms with Crippen molar-refractivity contribution in [2.24, 2.45) is 0 Å². The molecule has 0 spiro atoms. The summed E-state index contributed by atoms with van der Waals surface area (Å²) < 4.78 is 0.520. The van der Waals surface area contributed by atoms with Gasteiger partial charge in [0, 0.05) is 6.42 Å². The normalized spacial score (nSPS) is 9.88. The molecule has 0 unspecified atom stereocenters. The van der Waals surface area contributed by atoms with Crippen LogP contribution in [0, 0.1) is 0 Å². The quantitative estimate of drug-likeness (QED) is 0.445. The van der Waals surface area contributed by atoms with Crippen LogP contribution in [0.5, 0.6) is 0 Å². The second-order valence-corrected chi connectivity index (χ2v) is 5.13. The second kappa shape index (κ2) is 7.02. The van der Waals surface area contributed by atoms with Crippen LogP contribution in [0.3, 0.4) is 0 Å². The van der Waals surface area contributed by atoms with E-state index in [1.165, 1.54) is 0 Å².